The van der Waals surface area contributed by atoms with Gasteiger partial charge < -0.3 is 14.6 Å². The summed E-state index contributed by atoms with van der Waals surface area (Å²) in [5.41, 5.74) is 2.14. The first kappa shape index (κ1) is 17.4. The van der Waals surface area contributed by atoms with Crippen LogP contribution in [-0.2, 0) is 10.0 Å². The van der Waals surface area contributed by atoms with Crippen LogP contribution in [-0.4, -0.2) is 27.7 Å². The Kier molecular flexibility index (Phi) is 4.49. The molecule has 0 unspecified atom stereocenters. The van der Waals surface area contributed by atoms with Gasteiger partial charge in [0.05, 0.1) is 24.2 Å². The zero-order valence-corrected chi connectivity index (χ0v) is 15.3. The molecular formula is C16H16ClN3O4S. The first-order valence-electron chi connectivity index (χ1n) is 7.30. The summed E-state index contributed by atoms with van der Waals surface area (Å²) >= 11 is 5.94. The van der Waals surface area contributed by atoms with Crippen molar-refractivity contribution in [2.45, 2.75) is 11.8 Å². The van der Waals surface area contributed by atoms with Crippen LogP contribution in [0.2, 0.25) is 5.02 Å². The number of rotatable bonds is 5. The lowest BCUT2D eigenvalue weighted by Crippen LogP contribution is -2.15. The maximum atomic E-state index is 12.8. The maximum Gasteiger partial charge on any atom is 0.265 e. The number of nitrogens with zero attached hydrogens (tertiary/aromatic N) is 1. The van der Waals surface area contributed by atoms with Gasteiger partial charge in [-0.3, -0.25) is 4.72 Å². The normalized spacial score (nSPS) is 11.5. The van der Waals surface area contributed by atoms with Crippen LogP contribution in [0.1, 0.15) is 5.69 Å². The van der Waals surface area contributed by atoms with Gasteiger partial charge in [-0.05, 0) is 31.2 Å². The molecule has 0 aliphatic carbocycles. The summed E-state index contributed by atoms with van der Waals surface area (Å²) in [6.45, 7) is 1.78. The minimum absolute atomic E-state index is 0.0494. The first-order valence-corrected chi connectivity index (χ1v) is 9.16. The number of methoxy groups -OCH3 is 1. The molecule has 7 nitrogen and oxygen atoms in total. The van der Waals surface area contributed by atoms with E-state index in [1.54, 1.807) is 32.2 Å². The SMILES string of the molecule is CNc1cc2onc(C)c2cc1NS(=O)(=O)c1cc(Cl)ccc1OC. The first-order chi connectivity index (χ1) is 11.9. The molecule has 25 heavy (non-hydrogen) atoms. The van der Waals surface area contributed by atoms with E-state index in [9.17, 15) is 8.42 Å². The molecule has 0 aliphatic rings. The van der Waals surface area contributed by atoms with Gasteiger partial charge in [-0.25, -0.2) is 8.42 Å². The highest BCUT2D eigenvalue weighted by molar-refractivity contribution is 7.92. The van der Waals surface area contributed by atoms with Crippen molar-refractivity contribution in [2.75, 3.05) is 24.2 Å². The van der Waals surface area contributed by atoms with E-state index >= 15 is 0 Å². The van der Waals surface area contributed by atoms with Crippen molar-refractivity contribution < 1.29 is 17.7 Å². The third kappa shape index (κ3) is 3.22. The van der Waals surface area contributed by atoms with Crippen LogP contribution < -0.4 is 14.8 Å². The number of anilines is 2. The molecule has 0 spiro atoms. The maximum absolute atomic E-state index is 12.8. The Bertz CT molecular complexity index is 1050. The van der Waals surface area contributed by atoms with Crippen LogP contribution in [0, 0.1) is 6.92 Å². The molecule has 0 atom stereocenters. The lowest BCUT2D eigenvalue weighted by molar-refractivity contribution is 0.403. The second kappa shape index (κ2) is 6.45. The van der Waals surface area contributed by atoms with Gasteiger partial charge in [0.25, 0.3) is 10.0 Å². The highest BCUT2D eigenvalue weighted by Crippen LogP contribution is 2.34. The van der Waals surface area contributed by atoms with Gasteiger partial charge >= 0.3 is 0 Å². The number of sulfonamides is 1. The van der Waals surface area contributed by atoms with E-state index in [4.69, 9.17) is 20.9 Å². The predicted octanol–water partition coefficient (Wildman–Crippen LogP) is 3.64. The molecule has 0 radical (unpaired) electrons. The molecule has 2 aromatic carbocycles. The Balaban J connectivity index is 2.11. The Hall–Kier alpha value is -2.45. The van der Waals surface area contributed by atoms with Crippen LogP contribution in [0.25, 0.3) is 11.0 Å². The zero-order chi connectivity index (χ0) is 18.2. The summed E-state index contributed by atoms with van der Waals surface area (Å²) in [6, 6.07) is 7.75. The molecular weight excluding hydrogens is 366 g/mol. The van der Waals surface area contributed by atoms with Crippen LogP contribution >= 0.6 is 11.6 Å². The molecule has 0 aliphatic heterocycles. The number of halogens is 1. The number of aromatic nitrogens is 1. The van der Waals surface area contributed by atoms with Gasteiger partial charge in [0.2, 0.25) is 0 Å². The molecule has 0 bridgehead atoms. The van der Waals surface area contributed by atoms with Gasteiger partial charge in [0.15, 0.2) is 5.58 Å². The number of fused-ring (bicyclic) bond motifs is 1. The summed E-state index contributed by atoms with van der Waals surface area (Å²) in [6.07, 6.45) is 0. The van der Waals surface area contributed by atoms with E-state index < -0.39 is 10.0 Å². The lowest BCUT2D eigenvalue weighted by atomic mass is 10.2. The van der Waals surface area contributed by atoms with Gasteiger partial charge in [-0.15, -0.1) is 0 Å². The van der Waals surface area contributed by atoms with Crippen LogP contribution in [0.3, 0.4) is 0 Å². The average molecular weight is 382 g/mol. The molecule has 2 N–H and O–H groups in total. The van der Waals surface area contributed by atoms with E-state index in [1.165, 1.54) is 19.2 Å². The average Bonchev–Trinajstić information content (AvgIpc) is 2.94. The molecule has 1 aromatic heterocycles. The third-order valence-electron chi connectivity index (χ3n) is 3.72. The second-order valence-electron chi connectivity index (χ2n) is 5.31. The third-order valence-corrected chi connectivity index (χ3v) is 5.34. The Morgan fingerprint density at radius 1 is 1.20 bits per heavy atom. The monoisotopic (exact) mass is 381 g/mol. The fraction of sp³-hybridized carbons (Fsp3) is 0.188. The number of hydrogen-bond donors (Lipinski definition) is 2. The lowest BCUT2D eigenvalue weighted by Gasteiger charge is -2.14. The highest BCUT2D eigenvalue weighted by Gasteiger charge is 2.22. The van der Waals surface area contributed by atoms with Gasteiger partial charge in [-0.1, -0.05) is 16.8 Å². The summed E-state index contributed by atoms with van der Waals surface area (Å²) < 4.78 is 38.6. The summed E-state index contributed by atoms with van der Waals surface area (Å²) in [5, 5.41) is 7.84. The van der Waals surface area contributed by atoms with E-state index in [1.807, 2.05) is 0 Å². The minimum atomic E-state index is -3.93. The van der Waals surface area contributed by atoms with Crippen molar-refractivity contribution in [3.8, 4) is 5.75 Å². The van der Waals surface area contributed by atoms with Crippen molar-refractivity contribution in [1.29, 1.82) is 0 Å². The van der Waals surface area contributed by atoms with Crippen LogP contribution in [0.5, 0.6) is 5.75 Å². The smallest absolute Gasteiger partial charge is 0.265 e. The molecule has 0 saturated heterocycles. The summed E-state index contributed by atoms with van der Waals surface area (Å²) in [4.78, 5) is -0.0494. The fourth-order valence-electron chi connectivity index (χ4n) is 2.46. The molecule has 0 amide bonds. The van der Waals surface area contributed by atoms with E-state index in [0.29, 0.717) is 27.7 Å². The molecule has 3 aromatic rings. The second-order valence-corrected chi connectivity index (χ2v) is 7.40. The molecule has 0 fully saturated rings. The van der Waals surface area contributed by atoms with Crippen molar-refractivity contribution >= 4 is 44.0 Å². The van der Waals surface area contributed by atoms with Crippen molar-refractivity contribution in [3.05, 3.63) is 41.0 Å². The van der Waals surface area contributed by atoms with Gasteiger partial charge in [-0.2, -0.15) is 0 Å². The number of benzene rings is 2. The predicted molar refractivity (Wildman–Crippen MR) is 97.1 cm³/mol. The quantitative estimate of drug-likeness (QED) is 0.700. The van der Waals surface area contributed by atoms with Gasteiger partial charge in [0.1, 0.15) is 10.6 Å². The number of hydrogen-bond acceptors (Lipinski definition) is 6. The number of aryl methyl sites for hydroxylation is 1. The van der Waals surface area contributed by atoms with E-state index in [0.717, 1.165) is 5.39 Å². The zero-order valence-electron chi connectivity index (χ0n) is 13.8. The van der Waals surface area contributed by atoms with Crippen molar-refractivity contribution in [3.63, 3.8) is 0 Å². The Morgan fingerprint density at radius 2 is 1.96 bits per heavy atom. The topological polar surface area (TPSA) is 93.5 Å². The summed E-state index contributed by atoms with van der Waals surface area (Å²) in [7, 11) is -0.847. The van der Waals surface area contributed by atoms with Crippen LogP contribution in [0.4, 0.5) is 11.4 Å². The van der Waals surface area contributed by atoms with Gasteiger partial charge in [0, 0.05) is 23.5 Å². The highest BCUT2D eigenvalue weighted by atomic mass is 35.5. The van der Waals surface area contributed by atoms with E-state index in [2.05, 4.69) is 15.2 Å². The minimum Gasteiger partial charge on any atom is -0.495 e. The number of ether oxygens (including phenoxy) is 1. The molecule has 1 heterocycles. The fourth-order valence-corrected chi connectivity index (χ4v) is 3.96. The molecule has 9 heteroatoms. The van der Waals surface area contributed by atoms with Crippen molar-refractivity contribution in [1.82, 2.24) is 5.16 Å². The van der Waals surface area contributed by atoms with E-state index in [-0.39, 0.29) is 10.6 Å². The standard InChI is InChI=1S/C16H16ClN3O4S/c1-9-11-7-13(12(18-2)8-15(11)24-19-9)20-25(21,22)16-6-10(17)4-5-14(16)23-3/h4-8,18,20H,1-3H3. The summed E-state index contributed by atoms with van der Waals surface area (Å²) in [5.74, 6) is 0.199. The number of nitrogens with one attached hydrogen (secondary N) is 2. The largest absolute Gasteiger partial charge is 0.495 e. The molecule has 0 saturated carbocycles. The van der Waals surface area contributed by atoms with Crippen molar-refractivity contribution in [2.24, 2.45) is 0 Å². The Labute approximate surface area is 150 Å². The Morgan fingerprint density at radius 3 is 2.64 bits per heavy atom. The molecule has 132 valence electrons. The van der Waals surface area contributed by atoms with Crippen LogP contribution in [0.15, 0.2) is 39.8 Å². The molecule has 3 rings (SSSR count).